The molecule has 0 saturated heterocycles. The molecule has 0 radical (unpaired) electrons. The third-order valence-electron chi connectivity index (χ3n) is 5.24. The van der Waals surface area contributed by atoms with Crippen molar-refractivity contribution >= 4 is 21.5 Å². The van der Waals surface area contributed by atoms with Crippen molar-refractivity contribution in [3.63, 3.8) is 0 Å². The van der Waals surface area contributed by atoms with Crippen molar-refractivity contribution in [2.24, 2.45) is 0 Å². The van der Waals surface area contributed by atoms with Crippen LogP contribution in [0.1, 0.15) is 22.7 Å². The maximum Gasteiger partial charge on any atom is 0.0585 e. The highest BCUT2D eigenvalue weighted by Crippen LogP contribution is 2.35. The van der Waals surface area contributed by atoms with E-state index in [2.05, 4.69) is 84.2 Å². The smallest absolute Gasteiger partial charge is 0.0585 e. The molecule has 1 heterocycles. The molecule has 0 spiro atoms. The summed E-state index contributed by atoms with van der Waals surface area (Å²) in [4.78, 5) is 0. The van der Waals surface area contributed by atoms with E-state index in [0.29, 0.717) is 0 Å². The van der Waals surface area contributed by atoms with E-state index in [0.717, 1.165) is 13.0 Å². The zero-order valence-electron chi connectivity index (χ0n) is 13.5. The summed E-state index contributed by atoms with van der Waals surface area (Å²) in [6.07, 6.45) is 1.11. The Labute approximate surface area is 141 Å². The van der Waals surface area contributed by atoms with E-state index in [1.807, 2.05) is 0 Å². The normalized spacial score (nSPS) is 17.1. The molecule has 0 saturated carbocycles. The maximum absolute atomic E-state index is 3.73. The van der Waals surface area contributed by atoms with E-state index in [1.165, 1.54) is 38.2 Å². The van der Waals surface area contributed by atoms with Crippen molar-refractivity contribution < 1.29 is 0 Å². The Morgan fingerprint density at radius 1 is 0.625 bits per heavy atom. The minimum absolute atomic E-state index is 0.278. The van der Waals surface area contributed by atoms with Crippen LogP contribution >= 0.6 is 0 Å². The van der Waals surface area contributed by atoms with Crippen molar-refractivity contribution in [2.75, 3.05) is 6.54 Å². The van der Waals surface area contributed by atoms with Gasteiger partial charge in [-0.2, -0.15) is 0 Å². The second-order valence-corrected chi connectivity index (χ2v) is 6.57. The summed E-state index contributed by atoms with van der Waals surface area (Å²) < 4.78 is 0. The van der Waals surface area contributed by atoms with Gasteiger partial charge in [0.15, 0.2) is 0 Å². The first-order valence-electron chi connectivity index (χ1n) is 8.63. The second kappa shape index (κ2) is 5.47. The summed E-state index contributed by atoms with van der Waals surface area (Å²) in [5.41, 5.74) is 4.27. The van der Waals surface area contributed by atoms with Gasteiger partial charge >= 0.3 is 0 Å². The molecule has 4 aromatic rings. The lowest BCUT2D eigenvalue weighted by Crippen LogP contribution is -2.30. The summed E-state index contributed by atoms with van der Waals surface area (Å²) in [5, 5.41) is 9.07. The first-order chi connectivity index (χ1) is 11.9. The summed E-state index contributed by atoms with van der Waals surface area (Å²) in [5.74, 6) is 0. The summed E-state index contributed by atoms with van der Waals surface area (Å²) in [6, 6.07) is 29.0. The van der Waals surface area contributed by atoms with Crippen molar-refractivity contribution in [3.8, 4) is 0 Å². The Balaban J connectivity index is 1.78. The summed E-state index contributed by atoms with van der Waals surface area (Å²) in [6.45, 7) is 1.03. The molecule has 1 aliphatic rings. The van der Waals surface area contributed by atoms with Crippen LogP contribution in [-0.4, -0.2) is 6.54 Å². The molecule has 4 aromatic carbocycles. The molecule has 0 fully saturated rings. The molecule has 1 N–H and O–H groups in total. The molecule has 1 atom stereocenters. The lowest BCUT2D eigenvalue weighted by Gasteiger charge is -2.28. The zero-order chi connectivity index (χ0) is 15.9. The molecular weight excluding hydrogens is 290 g/mol. The van der Waals surface area contributed by atoms with Gasteiger partial charge in [-0.25, -0.2) is 0 Å². The van der Waals surface area contributed by atoms with E-state index in [9.17, 15) is 0 Å². The molecule has 24 heavy (non-hydrogen) atoms. The Morgan fingerprint density at radius 3 is 2.42 bits per heavy atom. The first kappa shape index (κ1) is 13.8. The minimum atomic E-state index is 0.278. The van der Waals surface area contributed by atoms with Gasteiger partial charge in [-0.15, -0.1) is 0 Å². The van der Waals surface area contributed by atoms with Crippen LogP contribution in [0.3, 0.4) is 0 Å². The van der Waals surface area contributed by atoms with Gasteiger partial charge in [-0.1, -0.05) is 78.9 Å². The quantitative estimate of drug-likeness (QED) is 0.475. The molecule has 1 heteroatoms. The highest BCUT2D eigenvalue weighted by atomic mass is 14.9. The third-order valence-corrected chi connectivity index (χ3v) is 5.24. The van der Waals surface area contributed by atoms with E-state index >= 15 is 0 Å². The van der Waals surface area contributed by atoms with E-state index in [1.54, 1.807) is 0 Å². The molecule has 1 nitrogen and oxygen atoms in total. The van der Waals surface area contributed by atoms with Crippen molar-refractivity contribution in [3.05, 3.63) is 95.6 Å². The molecule has 5 rings (SSSR count). The fourth-order valence-corrected chi connectivity index (χ4v) is 4.10. The summed E-state index contributed by atoms with van der Waals surface area (Å²) >= 11 is 0. The van der Waals surface area contributed by atoms with Gasteiger partial charge in [0.05, 0.1) is 6.04 Å². The van der Waals surface area contributed by atoms with Crippen LogP contribution in [0.15, 0.2) is 78.9 Å². The Kier molecular flexibility index (Phi) is 3.14. The molecule has 0 amide bonds. The zero-order valence-corrected chi connectivity index (χ0v) is 13.5. The van der Waals surface area contributed by atoms with Crippen LogP contribution < -0.4 is 5.32 Å². The highest BCUT2D eigenvalue weighted by Gasteiger charge is 2.22. The van der Waals surface area contributed by atoms with Gasteiger partial charge in [0.2, 0.25) is 0 Å². The molecular formula is C23H19N. The number of nitrogens with one attached hydrogen (secondary N) is 1. The monoisotopic (exact) mass is 309 g/mol. The molecule has 0 bridgehead atoms. The largest absolute Gasteiger partial charge is 0.306 e. The standard InChI is InChI=1S/C23H19N/c1-3-8-18-16(6-1)12-13-21-20(18)10-5-11-22(21)23-19-9-4-2-7-17(19)14-15-24-23/h1-13,23-24H,14-15H2. The van der Waals surface area contributed by atoms with Crippen LogP contribution in [-0.2, 0) is 6.42 Å². The minimum Gasteiger partial charge on any atom is -0.306 e. The van der Waals surface area contributed by atoms with Crippen LogP contribution in [0.2, 0.25) is 0 Å². The van der Waals surface area contributed by atoms with E-state index in [-0.39, 0.29) is 6.04 Å². The average Bonchev–Trinajstić information content (AvgIpc) is 2.67. The predicted molar refractivity (Wildman–Crippen MR) is 101 cm³/mol. The van der Waals surface area contributed by atoms with Gasteiger partial charge in [-0.05, 0) is 44.7 Å². The second-order valence-electron chi connectivity index (χ2n) is 6.57. The highest BCUT2D eigenvalue weighted by molar-refractivity contribution is 6.08. The van der Waals surface area contributed by atoms with Crippen molar-refractivity contribution in [1.29, 1.82) is 0 Å². The Hall–Kier alpha value is -2.64. The lowest BCUT2D eigenvalue weighted by atomic mass is 9.87. The average molecular weight is 309 g/mol. The van der Waals surface area contributed by atoms with Gasteiger partial charge in [0.25, 0.3) is 0 Å². The Morgan fingerprint density at radius 2 is 1.42 bits per heavy atom. The van der Waals surface area contributed by atoms with Gasteiger partial charge in [0, 0.05) is 6.54 Å². The van der Waals surface area contributed by atoms with Crippen LogP contribution in [0.4, 0.5) is 0 Å². The number of hydrogen-bond acceptors (Lipinski definition) is 1. The van der Waals surface area contributed by atoms with Crippen LogP contribution in [0.25, 0.3) is 21.5 Å². The van der Waals surface area contributed by atoms with E-state index < -0.39 is 0 Å². The number of benzene rings is 4. The third kappa shape index (κ3) is 2.05. The van der Waals surface area contributed by atoms with Gasteiger partial charge in [0.1, 0.15) is 0 Å². The molecule has 1 unspecified atom stereocenters. The van der Waals surface area contributed by atoms with Crippen LogP contribution in [0, 0.1) is 0 Å². The molecule has 1 aliphatic heterocycles. The predicted octanol–water partition coefficient (Wildman–Crippen LogP) is 5.23. The molecule has 0 aromatic heterocycles. The van der Waals surface area contributed by atoms with Crippen molar-refractivity contribution in [2.45, 2.75) is 12.5 Å². The maximum atomic E-state index is 3.73. The number of fused-ring (bicyclic) bond motifs is 4. The van der Waals surface area contributed by atoms with Gasteiger partial charge < -0.3 is 5.32 Å². The fraction of sp³-hybridized carbons (Fsp3) is 0.130. The molecule has 116 valence electrons. The lowest BCUT2D eigenvalue weighted by molar-refractivity contribution is 0.571. The van der Waals surface area contributed by atoms with Gasteiger partial charge in [-0.3, -0.25) is 0 Å². The number of hydrogen-bond donors (Lipinski definition) is 1. The fourth-order valence-electron chi connectivity index (χ4n) is 4.10. The summed E-state index contributed by atoms with van der Waals surface area (Å²) in [7, 11) is 0. The molecule has 0 aliphatic carbocycles. The van der Waals surface area contributed by atoms with Crippen LogP contribution in [0.5, 0.6) is 0 Å². The SMILES string of the molecule is c1ccc2c(c1)CCNC2c1cccc2c1ccc1ccccc12. The van der Waals surface area contributed by atoms with E-state index in [4.69, 9.17) is 0 Å². The topological polar surface area (TPSA) is 12.0 Å². The first-order valence-corrected chi connectivity index (χ1v) is 8.63. The van der Waals surface area contributed by atoms with Crippen molar-refractivity contribution in [1.82, 2.24) is 5.32 Å². The number of rotatable bonds is 1. The Bertz CT molecular complexity index is 1050.